The lowest BCUT2D eigenvalue weighted by Crippen LogP contribution is -2.24. The van der Waals surface area contributed by atoms with Crippen LogP contribution in [0.15, 0.2) is 36.9 Å². The van der Waals surface area contributed by atoms with Crippen LogP contribution in [0.3, 0.4) is 0 Å². The molecule has 1 heterocycles. The lowest BCUT2D eigenvalue weighted by Gasteiger charge is -2.21. The van der Waals surface area contributed by atoms with Crippen LogP contribution in [0.1, 0.15) is 32.8 Å². The van der Waals surface area contributed by atoms with Crippen LogP contribution in [0.5, 0.6) is 0 Å². The molecule has 1 amide bonds. The molecular formula is C16H21NO. The van der Waals surface area contributed by atoms with Crippen molar-refractivity contribution in [1.82, 2.24) is 0 Å². The van der Waals surface area contributed by atoms with Crippen molar-refractivity contribution in [2.75, 3.05) is 11.4 Å². The molecule has 1 fully saturated rings. The Balaban J connectivity index is 2.20. The predicted octanol–water partition coefficient (Wildman–Crippen LogP) is 3.52. The first-order chi connectivity index (χ1) is 8.41. The Labute approximate surface area is 109 Å². The van der Waals surface area contributed by atoms with Gasteiger partial charge >= 0.3 is 0 Å². The van der Waals surface area contributed by atoms with Gasteiger partial charge in [0.2, 0.25) is 5.91 Å². The van der Waals surface area contributed by atoms with Gasteiger partial charge in [0.25, 0.3) is 0 Å². The molecule has 1 saturated heterocycles. The fourth-order valence-electron chi connectivity index (χ4n) is 2.28. The summed E-state index contributed by atoms with van der Waals surface area (Å²) in [5.41, 5.74) is 2.44. The summed E-state index contributed by atoms with van der Waals surface area (Å²) in [6.07, 6.45) is 2.46. The zero-order valence-corrected chi connectivity index (χ0v) is 11.4. The minimum absolute atomic E-state index is 0.150. The molecule has 1 aromatic rings. The minimum atomic E-state index is 0.150. The number of benzene rings is 1. The van der Waals surface area contributed by atoms with E-state index in [9.17, 15) is 4.79 Å². The summed E-state index contributed by atoms with van der Waals surface area (Å²) >= 11 is 0. The van der Waals surface area contributed by atoms with E-state index in [4.69, 9.17) is 0 Å². The highest BCUT2D eigenvalue weighted by Gasteiger charge is 2.28. The maximum Gasteiger partial charge on any atom is 0.227 e. The molecule has 1 aliphatic heterocycles. The van der Waals surface area contributed by atoms with Crippen molar-refractivity contribution in [3.63, 3.8) is 0 Å². The van der Waals surface area contributed by atoms with Gasteiger partial charge in [-0.15, -0.1) is 6.58 Å². The monoisotopic (exact) mass is 243 g/mol. The SMILES string of the molecule is C=CC1CC(=O)N(c2ccc(C(C)(C)C)cc2)C1. The molecule has 0 bridgehead atoms. The van der Waals surface area contributed by atoms with E-state index in [-0.39, 0.29) is 11.3 Å². The first-order valence-electron chi connectivity index (χ1n) is 6.45. The Hall–Kier alpha value is -1.57. The van der Waals surface area contributed by atoms with Crippen LogP contribution >= 0.6 is 0 Å². The Kier molecular flexibility index (Phi) is 3.29. The van der Waals surface area contributed by atoms with E-state index in [1.54, 1.807) is 0 Å². The third-order valence-electron chi connectivity index (χ3n) is 3.53. The molecule has 2 nitrogen and oxygen atoms in total. The smallest absolute Gasteiger partial charge is 0.227 e. The number of amides is 1. The second kappa shape index (κ2) is 4.60. The van der Waals surface area contributed by atoms with E-state index in [0.29, 0.717) is 12.3 Å². The molecule has 0 spiro atoms. The van der Waals surface area contributed by atoms with Crippen LogP contribution in [0, 0.1) is 5.92 Å². The van der Waals surface area contributed by atoms with Crippen molar-refractivity contribution in [1.29, 1.82) is 0 Å². The number of anilines is 1. The van der Waals surface area contributed by atoms with Crippen LogP contribution in [0.4, 0.5) is 5.69 Å². The van der Waals surface area contributed by atoms with Crippen LogP contribution < -0.4 is 4.90 Å². The lowest BCUT2D eigenvalue weighted by molar-refractivity contribution is -0.117. The molecule has 2 heteroatoms. The van der Waals surface area contributed by atoms with Gasteiger partial charge in [-0.25, -0.2) is 0 Å². The molecule has 0 radical (unpaired) electrons. The fraction of sp³-hybridized carbons (Fsp3) is 0.438. The molecule has 96 valence electrons. The average Bonchev–Trinajstić information content (AvgIpc) is 2.70. The Morgan fingerprint density at radius 3 is 2.33 bits per heavy atom. The maximum atomic E-state index is 11.9. The van der Waals surface area contributed by atoms with E-state index < -0.39 is 0 Å². The van der Waals surface area contributed by atoms with E-state index in [0.717, 1.165) is 12.2 Å². The zero-order valence-electron chi connectivity index (χ0n) is 11.4. The molecule has 0 aliphatic carbocycles. The summed E-state index contributed by atoms with van der Waals surface area (Å²) in [7, 11) is 0. The molecule has 1 atom stereocenters. The third kappa shape index (κ3) is 2.47. The normalized spacial score (nSPS) is 20.3. The van der Waals surface area contributed by atoms with Crippen molar-refractivity contribution >= 4 is 11.6 Å². The van der Waals surface area contributed by atoms with Crippen LogP contribution in [-0.4, -0.2) is 12.5 Å². The number of rotatable bonds is 2. The predicted molar refractivity (Wildman–Crippen MR) is 75.8 cm³/mol. The van der Waals surface area contributed by atoms with Crippen LogP contribution in [0.25, 0.3) is 0 Å². The number of carbonyl (C=O) groups is 1. The maximum absolute atomic E-state index is 11.9. The van der Waals surface area contributed by atoms with Gasteiger partial charge in [-0.1, -0.05) is 39.0 Å². The van der Waals surface area contributed by atoms with Crippen molar-refractivity contribution in [3.05, 3.63) is 42.5 Å². The second-order valence-corrected chi connectivity index (χ2v) is 6.00. The van der Waals surface area contributed by atoms with Gasteiger partial charge in [0.15, 0.2) is 0 Å². The van der Waals surface area contributed by atoms with Crippen molar-refractivity contribution in [2.24, 2.45) is 5.92 Å². The molecule has 2 rings (SSSR count). The summed E-state index contributed by atoms with van der Waals surface area (Å²) in [5, 5.41) is 0. The Morgan fingerprint density at radius 1 is 1.28 bits per heavy atom. The van der Waals surface area contributed by atoms with Gasteiger partial charge in [-0.05, 0) is 23.1 Å². The average molecular weight is 243 g/mol. The standard InChI is InChI=1S/C16H21NO/c1-5-12-10-15(18)17(11-12)14-8-6-13(7-9-14)16(2,3)4/h5-9,12H,1,10-11H2,2-4H3. The highest BCUT2D eigenvalue weighted by Crippen LogP contribution is 2.28. The topological polar surface area (TPSA) is 20.3 Å². The van der Waals surface area contributed by atoms with E-state index in [1.165, 1.54) is 5.56 Å². The summed E-state index contributed by atoms with van der Waals surface area (Å²) in [6, 6.07) is 8.32. The molecular weight excluding hydrogens is 222 g/mol. The van der Waals surface area contributed by atoms with Gasteiger partial charge in [-0.2, -0.15) is 0 Å². The van der Waals surface area contributed by atoms with Gasteiger partial charge in [0.1, 0.15) is 0 Å². The first kappa shape index (κ1) is 12.9. The number of nitrogens with zero attached hydrogens (tertiary/aromatic N) is 1. The van der Waals surface area contributed by atoms with Crippen molar-refractivity contribution < 1.29 is 4.79 Å². The summed E-state index contributed by atoms with van der Waals surface area (Å²) < 4.78 is 0. The molecule has 18 heavy (non-hydrogen) atoms. The van der Waals surface area contributed by atoms with Gasteiger partial charge < -0.3 is 4.90 Å². The van der Waals surface area contributed by atoms with Crippen molar-refractivity contribution in [3.8, 4) is 0 Å². The third-order valence-corrected chi connectivity index (χ3v) is 3.53. The largest absolute Gasteiger partial charge is 0.312 e. The molecule has 1 aromatic carbocycles. The number of carbonyl (C=O) groups excluding carboxylic acids is 1. The fourth-order valence-corrected chi connectivity index (χ4v) is 2.28. The molecule has 0 saturated carbocycles. The Bertz CT molecular complexity index is 453. The summed E-state index contributed by atoms with van der Waals surface area (Å²) in [6.45, 7) is 11.1. The summed E-state index contributed by atoms with van der Waals surface area (Å²) in [4.78, 5) is 13.8. The molecule has 1 aliphatic rings. The van der Waals surface area contributed by atoms with E-state index in [1.807, 2.05) is 23.1 Å². The van der Waals surface area contributed by atoms with Crippen molar-refractivity contribution in [2.45, 2.75) is 32.6 Å². The quantitative estimate of drug-likeness (QED) is 0.728. The number of hydrogen-bond donors (Lipinski definition) is 0. The van der Waals surface area contributed by atoms with Gasteiger partial charge in [0.05, 0.1) is 0 Å². The molecule has 0 N–H and O–H groups in total. The van der Waals surface area contributed by atoms with Gasteiger partial charge in [-0.3, -0.25) is 4.79 Å². The second-order valence-electron chi connectivity index (χ2n) is 6.00. The van der Waals surface area contributed by atoms with Crippen LogP contribution in [0.2, 0.25) is 0 Å². The highest BCUT2D eigenvalue weighted by atomic mass is 16.2. The highest BCUT2D eigenvalue weighted by molar-refractivity contribution is 5.95. The lowest BCUT2D eigenvalue weighted by atomic mass is 9.87. The Morgan fingerprint density at radius 2 is 1.89 bits per heavy atom. The first-order valence-corrected chi connectivity index (χ1v) is 6.45. The van der Waals surface area contributed by atoms with Gasteiger partial charge in [0, 0.05) is 24.6 Å². The number of hydrogen-bond acceptors (Lipinski definition) is 1. The van der Waals surface area contributed by atoms with E-state index in [2.05, 4.69) is 39.5 Å². The van der Waals surface area contributed by atoms with Crippen LogP contribution in [-0.2, 0) is 10.2 Å². The minimum Gasteiger partial charge on any atom is -0.312 e. The summed E-state index contributed by atoms with van der Waals surface area (Å²) in [5.74, 6) is 0.489. The molecule has 1 unspecified atom stereocenters. The molecule has 0 aromatic heterocycles. The zero-order chi connectivity index (χ0) is 13.3. The van der Waals surface area contributed by atoms with E-state index >= 15 is 0 Å².